The Balaban J connectivity index is 0.00000242. The molecule has 1 saturated heterocycles. The van der Waals surface area contributed by atoms with Crippen LogP contribution in [0.15, 0.2) is 30.3 Å². The number of piperidine rings is 1. The minimum absolute atomic E-state index is 0. The SMILES string of the molecule is CNCCNC(=O)C1CCCN(C(=O)c2ccccc2)C1.Cl. The Bertz CT molecular complexity index is 482. The second-order valence-electron chi connectivity index (χ2n) is 5.35. The number of likely N-dealkylation sites (N-methyl/N-ethyl adjacent to an activating group) is 1. The predicted molar refractivity (Wildman–Crippen MR) is 89.3 cm³/mol. The number of rotatable bonds is 5. The van der Waals surface area contributed by atoms with Crippen molar-refractivity contribution in [2.24, 2.45) is 5.92 Å². The van der Waals surface area contributed by atoms with E-state index in [0.717, 1.165) is 25.9 Å². The summed E-state index contributed by atoms with van der Waals surface area (Å²) in [5.41, 5.74) is 0.689. The zero-order valence-electron chi connectivity index (χ0n) is 12.9. The van der Waals surface area contributed by atoms with Crippen molar-refractivity contribution in [3.63, 3.8) is 0 Å². The standard InChI is InChI=1S/C16H23N3O2.ClH/c1-17-9-10-18-15(20)14-8-5-11-19(12-14)16(21)13-6-3-2-4-7-13;/h2-4,6-7,14,17H,5,8-12H2,1H3,(H,18,20);1H. The van der Waals surface area contributed by atoms with Crippen molar-refractivity contribution in [2.75, 3.05) is 33.2 Å². The Morgan fingerprint density at radius 1 is 1.23 bits per heavy atom. The molecule has 2 amide bonds. The Labute approximate surface area is 137 Å². The first-order valence-electron chi connectivity index (χ1n) is 7.49. The molecule has 0 saturated carbocycles. The first-order valence-corrected chi connectivity index (χ1v) is 7.49. The zero-order valence-corrected chi connectivity index (χ0v) is 13.7. The summed E-state index contributed by atoms with van der Waals surface area (Å²) < 4.78 is 0. The van der Waals surface area contributed by atoms with E-state index in [9.17, 15) is 9.59 Å². The Morgan fingerprint density at radius 2 is 1.95 bits per heavy atom. The van der Waals surface area contributed by atoms with Crippen molar-refractivity contribution in [2.45, 2.75) is 12.8 Å². The van der Waals surface area contributed by atoms with Crippen LogP contribution in [0.2, 0.25) is 0 Å². The van der Waals surface area contributed by atoms with Gasteiger partial charge in [-0.15, -0.1) is 12.4 Å². The number of benzene rings is 1. The van der Waals surface area contributed by atoms with Gasteiger partial charge in [-0.05, 0) is 32.0 Å². The molecule has 5 nitrogen and oxygen atoms in total. The van der Waals surface area contributed by atoms with Crippen molar-refractivity contribution in [3.8, 4) is 0 Å². The van der Waals surface area contributed by atoms with Crippen LogP contribution in [-0.2, 0) is 4.79 Å². The van der Waals surface area contributed by atoms with Crippen molar-refractivity contribution in [3.05, 3.63) is 35.9 Å². The fourth-order valence-corrected chi connectivity index (χ4v) is 2.59. The molecule has 0 spiro atoms. The highest BCUT2D eigenvalue weighted by molar-refractivity contribution is 5.94. The largest absolute Gasteiger partial charge is 0.355 e. The minimum atomic E-state index is -0.0942. The quantitative estimate of drug-likeness (QED) is 0.802. The Morgan fingerprint density at radius 3 is 2.64 bits per heavy atom. The van der Waals surface area contributed by atoms with Gasteiger partial charge in [0.1, 0.15) is 0 Å². The molecule has 0 radical (unpaired) electrons. The molecule has 1 unspecified atom stereocenters. The molecule has 22 heavy (non-hydrogen) atoms. The molecule has 6 heteroatoms. The van der Waals surface area contributed by atoms with Crippen LogP contribution in [0.25, 0.3) is 0 Å². The van der Waals surface area contributed by atoms with Crippen LogP contribution < -0.4 is 10.6 Å². The Kier molecular flexibility index (Phi) is 7.91. The molecular formula is C16H24ClN3O2. The smallest absolute Gasteiger partial charge is 0.253 e. The average Bonchev–Trinajstić information content (AvgIpc) is 2.55. The van der Waals surface area contributed by atoms with Gasteiger partial charge in [-0.2, -0.15) is 0 Å². The highest BCUT2D eigenvalue weighted by Gasteiger charge is 2.28. The molecule has 0 bridgehead atoms. The lowest BCUT2D eigenvalue weighted by atomic mass is 9.96. The minimum Gasteiger partial charge on any atom is -0.355 e. The third kappa shape index (κ3) is 5.00. The van der Waals surface area contributed by atoms with Crippen molar-refractivity contribution in [1.82, 2.24) is 15.5 Å². The van der Waals surface area contributed by atoms with Crippen LogP contribution in [0.3, 0.4) is 0 Å². The van der Waals surface area contributed by atoms with Gasteiger partial charge in [0.15, 0.2) is 0 Å². The first kappa shape index (κ1) is 18.5. The average molecular weight is 326 g/mol. The summed E-state index contributed by atoms with van der Waals surface area (Å²) in [6, 6.07) is 9.25. The molecule has 1 fully saturated rings. The number of hydrogen-bond acceptors (Lipinski definition) is 3. The molecule has 2 N–H and O–H groups in total. The molecule has 1 aromatic rings. The second-order valence-corrected chi connectivity index (χ2v) is 5.35. The number of hydrogen-bond donors (Lipinski definition) is 2. The van der Waals surface area contributed by atoms with Crippen LogP contribution in [0.5, 0.6) is 0 Å². The van der Waals surface area contributed by atoms with Crippen LogP contribution in [0, 0.1) is 5.92 Å². The van der Waals surface area contributed by atoms with E-state index in [2.05, 4.69) is 10.6 Å². The molecule has 1 aliphatic heterocycles. The van der Waals surface area contributed by atoms with Gasteiger partial charge in [-0.25, -0.2) is 0 Å². The first-order chi connectivity index (χ1) is 10.2. The highest BCUT2D eigenvalue weighted by Crippen LogP contribution is 2.18. The normalized spacial score (nSPS) is 17.5. The van der Waals surface area contributed by atoms with E-state index in [0.29, 0.717) is 18.7 Å². The van der Waals surface area contributed by atoms with E-state index < -0.39 is 0 Å². The number of likely N-dealkylation sites (tertiary alicyclic amines) is 1. The monoisotopic (exact) mass is 325 g/mol. The van der Waals surface area contributed by atoms with E-state index in [1.807, 2.05) is 37.4 Å². The van der Waals surface area contributed by atoms with Gasteiger partial charge < -0.3 is 15.5 Å². The lowest BCUT2D eigenvalue weighted by molar-refractivity contribution is -0.126. The zero-order chi connectivity index (χ0) is 15.1. The summed E-state index contributed by atoms with van der Waals surface area (Å²) in [4.78, 5) is 26.3. The van der Waals surface area contributed by atoms with Crippen molar-refractivity contribution >= 4 is 24.2 Å². The van der Waals surface area contributed by atoms with Gasteiger partial charge in [0.25, 0.3) is 5.91 Å². The third-order valence-electron chi connectivity index (χ3n) is 3.77. The maximum absolute atomic E-state index is 12.4. The summed E-state index contributed by atoms with van der Waals surface area (Å²) in [5.74, 6) is -0.0256. The number of nitrogens with zero attached hydrogens (tertiary/aromatic N) is 1. The van der Waals surface area contributed by atoms with E-state index in [1.165, 1.54) is 0 Å². The summed E-state index contributed by atoms with van der Waals surface area (Å²) in [6.45, 7) is 2.62. The second kappa shape index (κ2) is 9.43. The maximum Gasteiger partial charge on any atom is 0.253 e. The molecule has 0 aliphatic carbocycles. The summed E-state index contributed by atoms with van der Waals surface area (Å²) in [6.07, 6.45) is 1.73. The van der Waals surface area contributed by atoms with Gasteiger partial charge in [-0.3, -0.25) is 9.59 Å². The summed E-state index contributed by atoms with van der Waals surface area (Å²) in [5, 5.41) is 5.91. The van der Waals surface area contributed by atoms with Crippen molar-refractivity contribution in [1.29, 1.82) is 0 Å². The molecular weight excluding hydrogens is 302 g/mol. The lowest BCUT2D eigenvalue weighted by Crippen LogP contribution is -2.46. The van der Waals surface area contributed by atoms with E-state index in [-0.39, 0.29) is 30.1 Å². The molecule has 1 aromatic carbocycles. The molecule has 1 atom stereocenters. The summed E-state index contributed by atoms with van der Waals surface area (Å²) >= 11 is 0. The van der Waals surface area contributed by atoms with Crippen LogP contribution in [0.4, 0.5) is 0 Å². The fourth-order valence-electron chi connectivity index (χ4n) is 2.59. The fraction of sp³-hybridized carbons (Fsp3) is 0.500. The van der Waals surface area contributed by atoms with Crippen molar-refractivity contribution < 1.29 is 9.59 Å². The van der Waals surface area contributed by atoms with Crippen LogP contribution in [-0.4, -0.2) is 49.9 Å². The van der Waals surface area contributed by atoms with Gasteiger partial charge in [-0.1, -0.05) is 18.2 Å². The van der Waals surface area contributed by atoms with E-state index in [4.69, 9.17) is 0 Å². The Hall–Kier alpha value is -1.59. The van der Waals surface area contributed by atoms with Gasteiger partial charge in [0.05, 0.1) is 5.92 Å². The van der Waals surface area contributed by atoms with Gasteiger partial charge >= 0.3 is 0 Å². The molecule has 1 heterocycles. The van der Waals surface area contributed by atoms with E-state index >= 15 is 0 Å². The maximum atomic E-state index is 12.4. The summed E-state index contributed by atoms with van der Waals surface area (Å²) in [7, 11) is 1.85. The van der Waals surface area contributed by atoms with Gasteiger partial charge in [0, 0.05) is 31.7 Å². The third-order valence-corrected chi connectivity index (χ3v) is 3.77. The predicted octanol–water partition coefficient (Wildman–Crippen LogP) is 1.30. The highest BCUT2D eigenvalue weighted by atomic mass is 35.5. The molecule has 122 valence electrons. The molecule has 1 aliphatic rings. The topological polar surface area (TPSA) is 61.4 Å². The van der Waals surface area contributed by atoms with Crippen LogP contribution in [0.1, 0.15) is 23.2 Å². The number of halogens is 1. The number of nitrogens with one attached hydrogen (secondary N) is 2. The molecule has 2 rings (SSSR count). The number of carbonyl (C=O) groups is 2. The molecule has 0 aromatic heterocycles. The number of amides is 2. The lowest BCUT2D eigenvalue weighted by Gasteiger charge is -2.32. The van der Waals surface area contributed by atoms with Crippen LogP contribution >= 0.6 is 12.4 Å². The van der Waals surface area contributed by atoms with Gasteiger partial charge in [0.2, 0.25) is 5.91 Å². The number of carbonyl (C=O) groups excluding carboxylic acids is 2. The van der Waals surface area contributed by atoms with E-state index in [1.54, 1.807) is 4.90 Å².